The number of carbonyl (C=O) groups excluding carboxylic acids is 2. The highest BCUT2D eigenvalue weighted by Gasteiger charge is 2.18. The summed E-state index contributed by atoms with van der Waals surface area (Å²) in [6.07, 6.45) is 1.52. The lowest BCUT2D eigenvalue weighted by Crippen LogP contribution is -2.39. The Kier molecular flexibility index (Phi) is 5.43. The van der Waals surface area contributed by atoms with E-state index >= 15 is 0 Å². The molecule has 1 unspecified atom stereocenters. The molecule has 0 aliphatic rings. The van der Waals surface area contributed by atoms with Gasteiger partial charge in [-0.05, 0) is 31.2 Å². The molecule has 1 aromatic heterocycles. The molecule has 1 N–H and O–H groups in total. The van der Waals surface area contributed by atoms with Crippen molar-refractivity contribution in [3.8, 4) is 11.5 Å². The molecule has 0 bridgehead atoms. The van der Waals surface area contributed by atoms with E-state index in [9.17, 15) is 9.59 Å². The van der Waals surface area contributed by atoms with Gasteiger partial charge in [0.15, 0.2) is 12.4 Å². The van der Waals surface area contributed by atoms with Crippen LogP contribution in [0.3, 0.4) is 0 Å². The van der Waals surface area contributed by atoms with Crippen molar-refractivity contribution in [3.63, 3.8) is 0 Å². The van der Waals surface area contributed by atoms with E-state index in [2.05, 4.69) is 10.3 Å². The average Bonchev–Trinajstić information content (AvgIpc) is 3.16. The number of benzene rings is 2. The molecular weight excluding hydrogens is 332 g/mol. The van der Waals surface area contributed by atoms with Crippen molar-refractivity contribution in [2.45, 2.75) is 19.6 Å². The molecule has 26 heavy (non-hydrogen) atoms. The fourth-order valence-corrected chi connectivity index (χ4v) is 2.28. The molecule has 1 amide bonds. The first kappa shape index (κ1) is 17.4. The molecule has 3 aromatic rings. The van der Waals surface area contributed by atoms with Crippen LogP contribution in [0.4, 0.5) is 0 Å². The van der Waals surface area contributed by atoms with Crippen LogP contribution in [-0.2, 0) is 16.1 Å². The van der Waals surface area contributed by atoms with Gasteiger partial charge in [0.1, 0.15) is 6.04 Å². The molecule has 1 heterocycles. The summed E-state index contributed by atoms with van der Waals surface area (Å²) in [5.41, 5.74) is 1.32. The first-order chi connectivity index (χ1) is 12.6. The van der Waals surface area contributed by atoms with Crippen LogP contribution < -0.4 is 5.32 Å². The predicted octanol–water partition coefficient (Wildman–Crippen LogP) is 3.20. The second-order valence-electron chi connectivity index (χ2n) is 5.67. The Morgan fingerprint density at radius 3 is 2.42 bits per heavy atom. The predicted molar refractivity (Wildman–Crippen MR) is 95.1 cm³/mol. The quantitative estimate of drug-likeness (QED) is 0.691. The molecule has 6 heteroatoms. The number of hydrogen-bond donors (Lipinski definition) is 1. The van der Waals surface area contributed by atoms with Crippen molar-refractivity contribution in [2.75, 3.05) is 0 Å². The molecular formula is C20H18N2O4. The van der Waals surface area contributed by atoms with Crippen molar-refractivity contribution < 1.29 is 18.7 Å². The van der Waals surface area contributed by atoms with E-state index in [1.807, 2.05) is 36.4 Å². The van der Waals surface area contributed by atoms with Gasteiger partial charge in [0.2, 0.25) is 5.89 Å². The maximum absolute atomic E-state index is 12.1. The van der Waals surface area contributed by atoms with Gasteiger partial charge in [-0.3, -0.25) is 4.79 Å². The topological polar surface area (TPSA) is 81.4 Å². The van der Waals surface area contributed by atoms with Crippen molar-refractivity contribution in [3.05, 3.63) is 78.2 Å². The molecule has 2 aromatic carbocycles. The highest BCUT2D eigenvalue weighted by atomic mass is 16.5. The zero-order valence-electron chi connectivity index (χ0n) is 14.2. The van der Waals surface area contributed by atoms with E-state index in [0.717, 1.165) is 5.56 Å². The number of amides is 1. The number of oxazole rings is 1. The summed E-state index contributed by atoms with van der Waals surface area (Å²) < 4.78 is 10.8. The number of rotatable bonds is 6. The minimum atomic E-state index is -0.778. The van der Waals surface area contributed by atoms with Gasteiger partial charge >= 0.3 is 5.97 Å². The average molecular weight is 350 g/mol. The second kappa shape index (κ2) is 8.11. The van der Waals surface area contributed by atoms with Crippen LogP contribution in [0.15, 0.2) is 71.3 Å². The molecule has 6 nitrogen and oxygen atoms in total. The summed E-state index contributed by atoms with van der Waals surface area (Å²) in [5.74, 6) is 0.00823. The van der Waals surface area contributed by atoms with Gasteiger partial charge in [0, 0.05) is 11.1 Å². The standard InChI is InChI=1S/C20H18N2O4/c1-14(22-18(23)15-8-4-2-5-9-15)20(24)25-13-17-12-21-19(26-17)16-10-6-3-7-11-16/h2-12,14H,13H2,1H3,(H,22,23). The third-order valence-electron chi connectivity index (χ3n) is 3.67. The summed E-state index contributed by atoms with van der Waals surface area (Å²) in [7, 11) is 0. The molecule has 3 rings (SSSR count). The molecule has 0 saturated carbocycles. The van der Waals surface area contributed by atoms with Crippen LogP contribution in [-0.4, -0.2) is 22.9 Å². The van der Waals surface area contributed by atoms with Crippen LogP contribution >= 0.6 is 0 Å². The van der Waals surface area contributed by atoms with Crippen LogP contribution in [0, 0.1) is 0 Å². The first-order valence-electron chi connectivity index (χ1n) is 8.16. The lowest BCUT2D eigenvalue weighted by molar-refractivity contribution is -0.147. The van der Waals surface area contributed by atoms with Crippen LogP contribution in [0.5, 0.6) is 0 Å². The molecule has 0 aliphatic heterocycles. The molecule has 0 fully saturated rings. The third kappa shape index (κ3) is 4.36. The van der Waals surface area contributed by atoms with E-state index in [4.69, 9.17) is 9.15 Å². The van der Waals surface area contributed by atoms with Gasteiger partial charge in [-0.1, -0.05) is 36.4 Å². The monoisotopic (exact) mass is 350 g/mol. The summed E-state index contributed by atoms with van der Waals surface area (Å²) >= 11 is 0. The van der Waals surface area contributed by atoms with Gasteiger partial charge < -0.3 is 14.5 Å². The number of hydrogen-bond acceptors (Lipinski definition) is 5. The van der Waals surface area contributed by atoms with E-state index in [0.29, 0.717) is 17.2 Å². The number of esters is 1. The number of carbonyl (C=O) groups is 2. The van der Waals surface area contributed by atoms with Crippen molar-refractivity contribution in [2.24, 2.45) is 0 Å². The first-order valence-corrected chi connectivity index (χ1v) is 8.16. The number of aromatic nitrogens is 1. The van der Waals surface area contributed by atoms with E-state index < -0.39 is 12.0 Å². The van der Waals surface area contributed by atoms with Gasteiger partial charge in [0.25, 0.3) is 5.91 Å². The van der Waals surface area contributed by atoms with E-state index in [1.54, 1.807) is 31.2 Å². The maximum atomic E-state index is 12.1. The van der Waals surface area contributed by atoms with Gasteiger partial charge in [0.05, 0.1) is 6.20 Å². The van der Waals surface area contributed by atoms with Crippen LogP contribution in [0.25, 0.3) is 11.5 Å². The zero-order valence-corrected chi connectivity index (χ0v) is 14.2. The third-order valence-corrected chi connectivity index (χ3v) is 3.67. The fraction of sp³-hybridized carbons (Fsp3) is 0.150. The smallest absolute Gasteiger partial charge is 0.328 e. The molecule has 132 valence electrons. The fourth-order valence-electron chi connectivity index (χ4n) is 2.28. The largest absolute Gasteiger partial charge is 0.456 e. The Morgan fingerprint density at radius 2 is 1.73 bits per heavy atom. The lowest BCUT2D eigenvalue weighted by atomic mass is 10.2. The Bertz CT molecular complexity index is 875. The van der Waals surface area contributed by atoms with Crippen molar-refractivity contribution >= 4 is 11.9 Å². The normalized spacial score (nSPS) is 11.6. The van der Waals surface area contributed by atoms with E-state index in [-0.39, 0.29) is 12.5 Å². The highest BCUT2D eigenvalue weighted by Crippen LogP contribution is 2.18. The lowest BCUT2D eigenvalue weighted by Gasteiger charge is -2.12. The van der Waals surface area contributed by atoms with Gasteiger partial charge in [-0.25, -0.2) is 9.78 Å². The molecule has 0 saturated heterocycles. The SMILES string of the molecule is CC(NC(=O)c1ccccc1)C(=O)OCc1cnc(-c2ccccc2)o1. The molecule has 1 atom stereocenters. The molecule has 0 spiro atoms. The Balaban J connectivity index is 1.52. The molecule has 0 radical (unpaired) electrons. The van der Waals surface area contributed by atoms with Crippen LogP contribution in [0.2, 0.25) is 0 Å². The maximum Gasteiger partial charge on any atom is 0.328 e. The second-order valence-corrected chi connectivity index (χ2v) is 5.67. The Hall–Kier alpha value is -3.41. The number of ether oxygens (including phenoxy) is 1. The zero-order chi connectivity index (χ0) is 18.4. The molecule has 0 aliphatic carbocycles. The summed E-state index contributed by atoms with van der Waals surface area (Å²) in [6.45, 7) is 1.52. The van der Waals surface area contributed by atoms with Gasteiger partial charge in [-0.15, -0.1) is 0 Å². The number of nitrogens with one attached hydrogen (secondary N) is 1. The summed E-state index contributed by atoms with van der Waals surface area (Å²) in [5, 5.41) is 2.60. The van der Waals surface area contributed by atoms with Crippen LogP contribution in [0.1, 0.15) is 23.0 Å². The number of nitrogens with zero attached hydrogens (tertiary/aromatic N) is 1. The summed E-state index contributed by atoms with van der Waals surface area (Å²) in [4.78, 5) is 28.3. The van der Waals surface area contributed by atoms with E-state index in [1.165, 1.54) is 6.20 Å². The Morgan fingerprint density at radius 1 is 1.08 bits per heavy atom. The Labute approximate surface area is 150 Å². The van der Waals surface area contributed by atoms with Crippen molar-refractivity contribution in [1.82, 2.24) is 10.3 Å². The van der Waals surface area contributed by atoms with Crippen molar-refractivity contribution in [1.29, 1.82) is 0 Å². The minimum absolute atomic E-state index is 0.0514. The highest BCUT2D eigenvalue weighted by molar-refractivity contribution is 5.96. The minimum Gasteiger partial charge on any atom is -0.456 e. The summed E-state index contributed by atoms with van der Waals surface area (Å²) in [6, 6.07) is 17.3. The van der Waals surface area contributed by atoms with Gasteiger partial charge in [-0.2, -0.15) is 0 Å².